The Kier molecular flexibility index (Phi) is 4.71. The molecule has 19 heavy (non-hydrogen) atoms. The van der Waals surface area contributed by atoms with Crippen LogP contribution >= 0.6 is 15.9 Å². The van der Waals surface area contributed by atoms with E-state index in [0.29, 0.717) is 0 Å². The van der Waals surface area contributed by atoms with Crippen molar-refractivity contribution in [1.82, 2.24) is 15.1 Å². The van der Waals surface area contributed by atoms with Crippen LogP contribution in [-0.4, -0.2) is 16.8 Å². The van der Waals surface area contributed by atoms with Gasteiger partial charge >= 0.3 is 0 Å². The van der Waals surface area contributed by atoms with Crippen LogP contribution in [0.5, 0.6) is 0 Å². The quantitative estimate of drug-likeness (QED) is 0.914. The zero-order valence-corrected chi connectivity index (χ0v) is 12.6. The minimum atomic E-state index is -0.225. The molecule has 102 valence electrons. The fraction of sp³-hybridized carbons (Fsp3) is 0.357. The van der Waals surface area contributed by atoms with Crippen molar-refractivity contribution in [2.45, 2.75) is 18.9 Å². The maximum atomic E-state index is 13.1. The van der Waals surface area contributed by atoms with E-state index in [1.165, 1.54) is 17.8 Å². The molecule has 1 N–H and O–H groups in total. The molecule has 0 spiro atoms. The van der Waals surface area contributed by atoms with Crippen LogP contribution in [0.3, 0.4) is 0 Å². The molecule has 5 heteroatoms. The summed E-state index contributed by atoms with van der Waals surface area (Å²) in [7, 11) is 3.86. The van der Waals surface area contributed by atoms with Crippen LogP contribution in [0.25, 0.3) is 0 Å². The van der Waals surface area contributed by atoms with E-state index in [1.807, 2.05) is 30.9 Å². The van der Waals surface area contributed by atoms with Crippen LogP contribution in [0.4, 0.5) is 4.39 Å². The second-order valence-electron chi connectivity index (χ2n) is 4.49. The fourth-order valence-corrected chi connectivity index (χ4v) is 2.81. The van der Waals surface area contributed by atoms with Crippen molar-refractivity contribution in [2.75, 3.05) is 7.05 Å². The molecular weight excluding hydrogens is 309 g/mol. The number of hydrogen-bond donors (Lipinski definition) is 1. The van der Waals surface area contributed by atoms with Gasteiger partial charge < -0.3 is 5.32 Å². The molecular formula is C14H17BrFN3. The Bertz CT molecular complexity index is 553. The van der Waals surface area contributed by atoms with E-state index in [0.717, 1.165) is 22.9 Å². The molecule has 1 heterocycles. The number of nitrogens with zero attached hydrogens (tertiary/aromatic N) is 2. The minimum absolute atomic E-state index is 0.185. The molecule has 1 aromatic carbocycles. The maximum absolute atomic E-state index is 13.1. The van der Waals surface area contributed by atoms with Crippen LogP contribution in [0, 0.1) is 5.82 Å². The molecule has 1 aromatic heterocycles. The Hall–Kier alpha value is -1.20. The summed E-state index contributed by atoms with van der Waals surface area (Å²) in [5.41, 5.74) is 2.27. The Morgan fingerprint density at radius 2 is 2.21 bits per heavy atom. The van der Waals surface area contributed by atoms with Crippen molar-refractivity contribution in [1.29, 1.82) is 0 Å². The van der Waals surface area contributed by atoms with E-state index >= 15 is 0 Å². The lowest BCUT2D eigenvalue weighted by molar-refractivity contribution is 0.532. The van der Waals surface area contributed by atoms with Crippen LogP contribution in [0.1, 0.15) is 23.7 Å². The molecule has 1 atom stereocenters. The number of rotatable bonds is 5. The smallest absolute Gasteiger partial charge is 0.124 e. The Morgan fingerprint density at radius 1 is 1.42 bits per heavy atom. The third kappa shape index (κ3) is 3.42. The Morgan fingerprint density at radius 3 is 2.79 bits per heavy atom. The summed E-state index contributed by atoms with van der Waals surface area (Å²) in [6.07, 6.45) is 3.66. The van der Waals surface area contributed by atoms with Gasteiger partial charge in [0, 0.05) is 29.5 Å². The summed E-state index contributed by atoms with van der Waals surface area (Å²) in [5.74, 6) is -0.225. The lowest BCUT2D eigenvalue weighted by Crippen LogP contribution is -2.18. The number of aryl methyl sites for hydroxylation is 2. The summed E-state index contributed by atoms with van der Waals surface area (Å²) in [6.45, 7) is 0. The predicted octanol–water partition coefficient (Wildman–Crippen LogP) is 3.22. The summed E-state index contributed by atoms with van der Waals surface area (Å²) in [5, 5.41) is 7.44. The molecule has 0 bridgehead atoms. The second-order valence-corrected chi connectivity index (χ2v) is 5.35. The van der Waals surface area contributed by atoms with Gasteiger partial charge in [0.15, 0.2) is 0 Å². The monoisotopic (exact) mass is 325 g/mol. The number of hydrogen-bond acceptors (Lipinski definition) is 2. The van der Waals surface area contributed by atoms with E-state index in [1.54, 1.807) is 6.20 Å². The van der Waals surface area contributed by atoms with Crippen molar-refractivity contribution in [3.63, 3.8) is 0 Å². The summed E-state index contributed by atoms with van der Waals surface area (Å²) in [4.78, 5) is 0. The molecule has 2 aromatic rings. The SMILES string of the molecule is CNC(CCc1ccnn1C)c1ccc(F)cc1Br. The van der Waals surface area contributed by atoms with E-state index in [-0.39, 0.29) is 11.9 Å². The van der Waals surface area contributed by atoms with Crippen LogP contribution in [0.15, 0.2) is 34.9 Å². The average molecular weight is 326 g/mol. The lowest BCUT2D eigenvalue weighted by atomic mass is 10.0. The van der Waals surface area contributed by atoms with Gasteiger partial charge in [-0.2, -0.15) is 5.10 Å². The van der Waals surface area contributed by atoms with E-state index in [2.05, 4.69) is 26.3 Å². The van der Waals surface area contributed by atoms with E-state index < -0.39 is 0 Å². The molecule has 0 aliphatic rings. The predicted molar refractivity (Wildman–Crippen MR) is 77.4 cm³/mol. The van der Waals surface area contributed by atoms with E-state index in [9.17, 15) is 4.39 Å². The standard InChI is InChI=1S/C14H17BrFN3/c1-17-14(6-4-11-7-8-18-19(11)2)12-5-3-10(16)9-13(12)15/h3,5,7-9,14,17H,4,6H2,1-2H3. The highest BCUT2D eigenvalue weighted by Gasteiger charge is 2.14. The normalized spacial score (nSPS) is 12.6. The molecule has 0 aliphatic heterocycles. The Labute approximate surface area is 121 Å². The van der Waals surface area contributed by atoms with Gasteiger partial charge in [0.1, 0.15) is 5.82 Å². The van der Waals surface area contributed by atoms with Gasteiger partial charge in [-0.15, -0.1) is 0 Å². The largest absolute Gasteiger partial charge is 0.313 e. The van der Waals surface area contributed by atoms with Crippen molar-refractivity contribution in [2.24, 2.45) is 7.05 Å². The summed E-state index contributed by atoms with van der Waals surface area (Å²) < 4.78 is 15.8. The second kappa shape index (κ2) is 6.30. The lowest BCUT2D eigenvalue weighted by Gasteiger charge is -2.18. The van der Waals surface area contributed by atoms with Gasteiger partial charge in [0.05, 0.1) is 0 Å². The van der Waals surface area contributed by atoms with Crippen LogP contribution in [0.2, 0.25) is 0 Å². The van der Waals surface area contributed by atoms with Crippen molar-refractivity contribution < 1.29 is 4.39 Å². The van der Waals surface area contributed by atoms with Gasteiger partial charge in [-0.05, 0) is 43.7 Å². The molecule has 1 unspecified atom stereocenters. The van der Waals surface area contributed by atoms with Gasteiger partial charge in [-0.25, -0.2) is 4.39 Å². The molecule has 0 saturated carbocycles. The van der Waals surface area contributed by atoms with Crippen molar-refractivity contribution >= 4 is 15.9 Å². The third-order valence-electron chi connectivity index (χ3n) is 3.30. The maximum Gasteiger partial charge on any atom is 0.124 e. The van der Waals surface area contributed by atoms with Gasteiger partial charge in [0.25, 0.3) is 0 Å². The van der Waals surface area contributed by atoms with Gasteiger partial charge in [0.2, 0.25) is 0 Å². The average Bonchev–Trinajstić information content (AvgIpc) is 2.78. The third-order valence-corrected chi connectivity index (χ3v) is 3.98. The molecule has 0 saturated heterocycles. The first-order chi connectivity index (χ1) is 9.11. The zero-order valence-electron chi connectivity index (χ0n) is 11.0. The molecule has 0 fully saturated rings. The molecule has 3 nitrogen and oxygen atoms in total. The fourth-order valence-electron chi connectivity index (χ4n) is 2.18. The summed E-state index contributed by atoms with van der Waals surface area (Å²) >= 11 is 3.42. The van der Waals surface area contributed by atoms with Gasteiger partial charge in [-0.1, -0.05) is 22.0 Å². The van der Waals surface area contributed by atoms with E-state index in [4.69, 9.17) is 0 Å². The van der Waals surface area contributed by atoms with Crippen molar-refractivity contribution in [3.8, 4) is 0 Å². The minimum Gasteiger partial charge on any atom is -0.313 e. The highest BCUT2D eigenvalue weighted by atomic mass is 79.9. The van der Waals surface area contributed by atoms with Crippen LogP contribution in [-0.2, 0) is 13.5 Å². The molecule has 0 aliphatic carbocycles. The first kappa shape index (κ1) is 14.2. The molecule has 0 radical (unpaired) electrons. The first-order valence-corrected chi connectivity index (χ1v) is 7.00. The first-order valence-electron chi connectivity index (χ1n) is 6.21. The van der Waals surface area contributed by atoms with Gasteiger partial charge in [-0.3, -0.25) is 4.68 Å². The number of halogens is 2. The highest BCUT2D eigenvalue weighted by Crippen LogP contribution is 2.27. The molecule has 2 rings (SSSR count). The van der Waals surface area contributed by atoms with Crippen molar-refractivity contribution in [3.05, 3.63) is 52.0 Å². The summed E-state index contributed by atoms with van der Waals surface area (Å²) in [6, 6.07) is 7.03. The number of benzene rings is 1. The highest BCUT2D eigenvalue weighted by molar-refractivity contribution is 9.10. The number of aromatic nitrogens is 2. The zero-order chi connectivity index (χ0) is 13.8. The van der Waals surface area contributed by atoms with Crippen LogP contribution < -0.4 is 5.32 Å². The number of nitrogens with one attached hydrogen (secondary N) is 1. The Balaban J connectivity index is 2.10. The topological polar surface area (TPSA) is 29.9 Å². The molecule has 0 amide bonds.